The van der Waals surface area contributed by atoms with Crippen molar-refractivity contribution in [2.45, 2.75) is 47.5 Å². The summed E-state index contributed by atoms with van der Waals surface area (Å²) < 4.78 is 0. The van der Waals surface area contributed by atoms with Gasteiger partial charge in [0.15, 0.2) is 0 Å². The largest absolute Gasteiger partial charge is 0.400 e. The minimum atomic E-state index is 1.00. The molecule has 1 rings (SSSR count). The van der Waals surface area contributed by atoms with Gasteiger partial charge in [-0.15, -0.1) is 0 Å². The third-order valence-electron chi connectivity index (χ3n) is 1.98. The third-order valence-corrected chi connectivity index (χ3v) is 1.98. The summed E-state index contributed by atoms with van der Waals surface area (Å²) in [6.45, 7) is 10.6. The first kappa shape index (κ1) is 16.6. The molecule has 1 nitrogen and oxygen atoms in total. The van der Waals surface area contributed by atoms with E-state index in [4.69, 9.17) is 5.11 Å². The Kier molecular flexibility index (Phi) is 12.5. The van der Waals surface area contributed by atoms with Crippen LogP contribution >= 0.6 is 0 Å². The monoisotopic (exact) mass is 210 g/mol. The Labute approximate surface area is 95.2 Å². The molecule has 0 saturated heterocycles. The van der Waals surface area contributed by atoms with Gasteiger partial charge in [0.2, 0.25) is 0 Å². The lowest BCUT2D eigenvalue weighted by molar-refractivity contribution is 0.399. The Morgan fingerprint density at radius 2 is 1.67 bits per heavy atom. The molecule has 0 atom stereocenters. The van der Waals surface area contributed by atoms with Crippen molar-refractivity contribution in [3.8, 4) is 0 Å². The van der Waals surface area contributed by atoms with Gasteiger partial charge in [0, 0.05) is 7.11 Å². The molecule has 88 valence electrons. The molecule has 0 spiro atoms. The molecule has 0 bridgehead atoms. The van der Waals surface area contributed by atoms with Crippen LogP contribution in [-0.2, 0) is 0 Å². The first-order valence-electron chi connectivity index (χ1n) is 5.71. The van der Waals surface area contributed by atoms with E-state index in [9.17, 15) is 0 Å². The maximum Gasteiger partial charge on any atom is 0.0319 e. The van der Waals surface area contributed by atoms with Crippen molar-refractivity contribution in [3.63, 3.8) is 0 Å². The molecule has 0 aromatic carbocycles. The second kappa shape index (κ2) is 11.3. The Bertz CT molecular complexity index is 232. The summed E-state index contributed by atoms with van der Waals surface area (Å²) in [4.78, 5) is 0. The molecule has 1 N–H and O–H groups in total. The van der Waals surface area contributed by atoms with E-state index in [2.05, 4.69) is 39.0 Å². The molecule has 1 heteroatoms. The van der Waals surface area contributed by atoms with Crippen molar-refractivity contribution in [2.75, 3.05) is 7.11 Å². The SMILES string of the molecule is CC.CCC1=CCC(C)=CC(C)=C1.CO. The van der Waals surface area contributed by atoms with Gasteiger partial charge < -0.3 is 5.11 Å². The van der Waals surface area contributed by atoms with E-state index in [1.807, 2.05) is 13.8 Å². The average molecular weight is 210 g/mol. The fraction of sp³-hybridized carbons (Fsp3) is 0.571. The Balaban J connectivity index is 0. The van der Waals surface area contributed by atoms with E-state index in [1.54, 1.807) is 0 Å². The molecular weight excluding hydrogens is 184 g/mol. The van der Waals surface area contributed by atoms with Crippen LogP contribution in [0.15, 0.2) is 34.9 Å². The van der Waals surface area contributed by atoms with E-state index in [0.29, 0.717) is 0 Å². The summed E-state index contributed by atoms with van der Waals surface area (Å²) in [5.74, 6) is 0. The number of aliphatic hydroxyl groups is 1. The molecule has 0 amide bonds. The van der Waals surface area contributed by atoms with Crippen molar-refractivity contribution in [3.05, 3.63) is 34.9 Å². The molecule has 0 saturated carbocycles. The number of hydrogen-bond acceptors (Lipinski definition) is 1. The van der Waals surface area contributed by atoms with E-state index in [1.165, 1.54) is 16.7 Å². The summed E-state index contributed by atoms with van der Waals surface area (Å²) in [5.41, 5.74) is 4.31. The van der Waals surface area contributed by atoms with Crippen LogP contribution in [0.25, 0.3) is 0 Å². The highest BCUT2D eigenvalue weighted by molar-refractivity contribution is 5.34. The van der Waals surface area contributed by atoms with Crippen molar-refractivity contribution in [1.82, 2.24) is 0 Å². The highest BCUT2D eigenvalue weighted by atomic mass is 16.2. The topological polar surface area (TPSA) is 20.2 Å². The molecule has 0 aromatic heterocycles. The second-order valence-corrected chi connectivity index (χ2v) is 3.22. The fourth-order valence-electron chi connectivity index (χ4n) is 1.38. The lowest BCUT2D eigenvalue weighted by Crippen LogP contribution is -1.74. The predicted molar refractivity (Wildman–Crippen MR) is 70.0 cm³/mol. The average Bonchev–Trinajstić information content (AvgIpc) is 2.45. The fourth-order valence-corrected chi connectivity index (χ4v) is 1.38. The van der Waals surface area contributed by atoms with Crippen LogP contribution in [-0.4, -0.2) is 12.2 Å². The molecule has 1 aliphatic carbocycles. The molecular formula is C14H26O. The van der Waals surface area contributed by atoms with Gasteiger partial charge in [0.05, 0.1) is 0 Å². The van der Waals surface area contributed by atoms with Gasteiger partial charge in [0.25, 0.3) is 0 Å². The summed E-state index contributed by atoms with van der Waals surface area (Å²) in [6, 6.07) is 0. The van der Waals surface area contributed by atoms with Gasteiger partial charge in [-0.25, -0.2) is 0 Å². The smallest absolute Gasteiger partial charge is 0.0319 e. The Morgan fingerprint density at radius 1 is 1.13 bits per heavy atom. The van der Waals surface area contributed by atoms with Crippen LogP contribution in [0.4, 0.5) is 0 Å². The molecule has 0 aromatic rings. The molecule has 0 fully saturated rings. The molecule has 15 heavy (non-hydrogen) atoms. The number of aliphatic hydroxyl groups excluding tert-OH is 1. The Morgan fingerprint density at radius 3 is 2.13 bits per heavy atom. The van der Waals surface area contributed by atoms with Crippen molar-refractivity contribution >= 4 is 0 Å². The highest BCUT2D eigenvalue weighted by Crippen LogP contribution is 2.17. The molecule has 0 aliphatic heterocycles. The van der Waals surface area contributed by atoms with Crippen LogP contribution in [0.3, 0.4) is 0 Å². The van der Waals surface area contributed by atoms with Crippen molar-refractivity contribution in [1.29, 1.82) is 0 Å². The van der Waals surface area contributed by atoms with Crippen LogP contribution in [0.1, 0.15) is 47.5 Å². The van der Waals surface area contributed by atoms with E-state index in [0.717, 1.165) is 20.0 Å². The van der Waals surface area contributed by atoms with Crippen molar-refractivity contribution < 1.29 is 5.11 Å². The van der Waals surface area contributed by atoms with E-state index < -0.39 is 0 Å². The zero-order valence-corrected chi connectivity index (χ0v) is 11.1. The van der Waals surface area contributed by atoms with Crippen LogP contribution < -0.4 is 0 Å². The second-order valence-electron chi connectivity index (χ2n) is 3.22. The highest BCUT2D eigenvalue weighted by Gasteiger charge is 1.96. The summed E-state index contributed by atoms with van der Waals surface area (Å²) in [5, 5.41) is 7.00. The van der Waals surface area contributed by atoms with E-state index in [-0.39, 0.29) is 0 Å². The molecule has 0 heterocycles. The third kappa shape index (κ3) is 8.19. The number of allylic oxidation sites excluding steroid dienone is 6. The zero-order chi connectivity index (χ0) is 12.3. The lowest BCUT2D eigenvalue weighted by Gasteiger charge is -1.94. The minimum Gasteiger partial charge on any atom is -0.400 e. The van der Waals surface area contributed by atoms with Gasteiger partial charge in [-0.3, -0.25) is 0 Å². The van der Waals surface area contributed by atoms with Gasteiger partial charge >= 0.3 is 0 Å². The van der Waals surface area contributed by atoms with Crippen molar-refractivity contribution in [2.24, 2.45) is 0 Å². The zero-order valence-electron chi connectivity index (χ0n) is 11.1. The quantitative estimate of drug-likeness (QED) is 0.686. The van der Waals surface area contributed by atoms with Crippen LogP contribution in [0.5, 0.6) is 0 Å². The predicted octanol–water partition coefficient (Wildman–Crippen LogP) is 4.25. The minimum absolute atomic E-state index is 1.00. The Hall–Kier alpha value is -0.820. The molecule has 1 aliphatic rings. The van der Waals surface area contributed by atoms with E-state index >= 15 is 0 Å². The van der Waals surface area contributed by atoms with Crippen LogP contribution in [0.2, 0.25) is 0 Å². The maximum absolute atomic E-state index is 7.00. The normalized spacial score (nSPS) is 14.2. The first-order chi connectivity index (χ1) is 7.22. The lowest BCUT2D eigenvalue weighted by atomic mass is 10.1. The molecule has 0 radical (unpaired) electrons. The first-order valence-corrected chi connectivity index (χ1v) is 5.71. The van der Waals surface area contributed by atoms with Gasteiger partial charge in [0.1, 0.15) is 0 Å². The van der Waals surface area contributed by atoms with Gasteiger partial charge in [-0.1, -0.05) is 55.7 Å². The number of hydrogen-bond donors (Lipinski definition) is 1. The standard InChI is InChI=1S/C11H16.C2H6.CH4O/c1-4-11-6-5-9(2)7-10(3)8-11;2*1-2/h6-8H,4-5H2,1-3H3;1-2H3;2H,1H3. The summed E-state index contributed by atoms with van der Waals surface area (Å²) in [7, 11) is 1.00. The van der Waals surface area contributed by atoms with Gasteiger partial charge in [-0.2, -0.15) is 0 Å². The molecule has 0 unspecified atom stereocenters. The van der Waals surface area contributed by atoms with Crippen LogP contribution in [0, 0.1) is 0 Å². The number of rotatable bonds is 1. The summed E-state index contributed by atoms with van der Waals surface area (Å²) in [6.07, 6.45) is 9.13. The van der Waals surface area contributed by atoms with Gasteiger partial charge in [-0.05, 0) is 26.7 Å². The summed E-state index contributed by atoms with van der Waals surface area (Å²) >= 11 is 0. The maximum atomic E-state index is 7.00.